The number of benzene rings is 2. The molecule has 0 aliphatic rings. The minimum Gasteiger partial charge on any atom is -0.483 e. The molecular formula is C26H33BrCl2N2O3. The van der Waals surface area contributed by atoms with Crippen molar-refractivity contribution in [1.29, 1.82) is 0 Å². The summed E-state index contributed by atoms with van der Waals surface area (Å²) in [6.07, 6.45) is 0.452. The quantitative estimate of drug-likeness (QED) is 0.321. The zero-order valence-corrected chi connectivity index (χ0v) is 23.4. The zero-order valence-electron chi connectivity index (χ0n) is 20.3. The van der Waals surface area contributed by atoms with Crippen molar-refractivity contribution >= 4 is 50.9 Å². The van der Waals surface area contributed by atoms with E-state index in [1.54, 1.807) is 18.2 Å². The van der Waals surface area contributed by atoms with Crippen LogP contribution in [-0.2, 0) is 16.1 Å². The van der Waals surface area contributed by atoms with Crippen molar-refractivity contribution in [3.63, 3.8) is 0 Å². The van der Waals surface area contributed by atoms with Crippen LogP contribution < -0.4 is 10.1 Å². The molecule has 0 bridgehead atoms. The van der Waals surface area contributed by atoms with Crippen molar-refractivity contribution < 1.29 is 14.3 Å². The number of rotatable bonds is 11. The summed E-state index contributed by atoms with van der Waals surface area (Å²) in [4.78, 5) is 27.9. The topological polar surface area (TPSA) is 58.6 Å². The highest BCUT2D eigenvalue weighted by molar-refractivity contribution is 9.10. The molecule has 5 nitrogen and oxygen atoms in total. The standard InChI is InChI=1S/C26H33BrCl2N2O3/c1-6-23(26(33)30-13-16(2)3)31(14-19-7-9-20(28)12-22(19)29)25(32)15-34-24-10-8-18(17(4)5)11-21(24)27/h7-12,16-17,23H,6,13-15H2,1-5H3,(H,30,33)/t23-/m0/s1. The first-order valence-corrected chi connectivity index (χ1v) is 13.0. The zero-order chi connectivity index (χ0) is 25.4. The van der Waals surface area contributed by atoms with Gasteiger partial charge in [0.15, 0.2) is 6.61 Å². The van der Waals surface area contributed by atoms with E-state index in [0.717, 1.165) is 10.0 Å². The largest absolute Gasteiger partial charge is 0.483 e. The SMILES string of the molecule is CC[C@@H](C(=O)NCC(C)C)N(Cc1ccc(Cl)cc1Cl)C(=O)COc1ccc(C(C)C)cc1Br. The Kier molecular flexibility index (Phi) is 11.2. The Bertz CT molecular complexity index is 998. The summed E-state index contributed by atoms with van der Waals surface area (Å²) >= 11 is 15.9. The predicted octanol–water partition coefficient (Wildman–Crippen LogP) is 6.84. The molecule has 0 unspecified atom stereocenters. The van der Waals surface area contributed by atoms with Crippen LogP contribution in [0, 0.1) is 5.92 Å². The monoisotopic (exact) mass is 570 g/mol. The first kappa shape index (κ1) is 28.5. The third-order valence-corrected chi connectivity index (χ3v) is 6.61. The molecule has 8 heteroatoms. The van der Waals surface area contributed by atoms with E-state index in [2.05, 4.69) is 35.1 Å². The van der Waals surface area contributed by atoms with Gasteiger partial charge in [-0.2, -0.15) is 0 Å². The molecule has 34 heavy (non-hydrogen) atoms. The molecule has 2 aromatic carbocycles. The maximum absolute atomic E-state index is 13.4. The summed E-state index contributed by atoms with van der Waals surface area (Å²) in [5.74, 6) is 0.737. The van der Waals surface area contributed by atoms with E-state index in [9.17, 15) is 9.59 Å². The molecule has 0 radical (unpaired) electrons. The Labute approximate surface area is 221 Å². The average Bonchev–Trinajstić information content (AvgIpc) is 2.77. The number of hydrogen-bond donors (Lipinski definition) is 1. The minimum absolute atomic E-state index is 0.166. The van der Waals surface area contributed by atoms with E-state index >= 15 is 0 Å². The van der Waals surface area contributed by atoms with E-state index in [-0.39, 0.29) is 25.0 Å². The third kappa shape index (κ3) is 8.17. The first-order chi connectivity index (χ1) is 16.0. The summed E-state index contributed by atoms with van der Waals surface area (Å²) in [5.41, 5.74) is 1.87. The molecule has 0 aromatic heterocycles. The number of carbonyl (C=O) groups excluding carboxylic acids is 2. The van der Waals surface area contributed by atoms with Crippen LogP contribution in [0.25, 0.3) is 0 Å². The highest BCUT2D eigenvalue weighted by Gasteiger charge is 2.29. The van der Waals surface area contributed by atoms with E-state index in [1.165, 1.54) is 4.90 Å². The molecule has 2 aromatic rings. The lowest BCUT2D eigenvalue weighted by Gasteiger charge is -2.31. The number of nitrogens with zero attached hydrogens (tertiary/aromatic N) is 1. The molecule has 0 saturated heterocycles. The second kappa shape index (κ2) is 13.4. The molecule has 0 spiro atoms. The molecule has 1 N–H and O–H groups in total. The summed E-state index contributed by atoms with van der Waals surface area (Å²) in [6.45, 7) is 10.6. The lowest BCUT2D eigenvalue weighted by Crippen LogP contribution is -2.50. The Morgan fingerprint density at radius 1 is 1.09 bits per heavy atom. The van der Waals surface area contributed by atoms with Crippen molar-refractivity contribution in [2.45, 2.75) is 59.5 Å². The van der Waals surface area contributed by atoms with Gasteiger partial charge < -0.3 is 15.0 Å². The maximum atomic E-state index is 13.4. The Balaban J connectivity index is 2.26. The van der Waals surface area contributed by atoms with E-state index in [0.29, 0.717) is 46.2 Å². The molecule has 0 aliphatic heterocycles. The highest BCUT2D eigenvalue weighted by atomic mass is 79.9. The van der Waals surface area contributed by atoms with Gasteiger partial charge in [0.25, 0.3) is 5.91 Å². The van der Waals surface area contributed by atoms with Crippen LogP contribution >= 0.6 is 39.1 Å². The van der Waals surface area contributed by atoms with Gasteiger partial charge in [-0.05, 0) is 69.6 Å². The van der Waals surface area contributed by atoms with E-state index in [4.69, 9.17) is 27.9 Å². The molecule has 186 valence electrons. The Morgan fingerprint density at radius 3 is 2.35 bits per heavy atom. The summed E-state index contributed by atoms with van der Waals surface area (Å²) in [7, 11) is 0. The van der Waals surface area contributed by atoms with Gasteiger partial charge in [-0.15, -0.1) is 0 Å². The summed E-state index contributed by atoms with van der Waals surface area (Å²) in [5, 5.41) is 3.89. The molecule has 0 heterocycles. The number of carbonyl (C=O) groups is 2. The summed E-state index contributed by atoms with van der Waals surface area (Å²) < 4.78 is 6.63. The molecule has 1 atom stereocenters. The summed E-state index contributed by atoms with van der Waals surface area (Å²) in [6, 6.07) is 10.3. The van der Waals surface area contributed by atoms with Crippen LogP contribution in [-0.4, -0.2) is 35.9 Å². The fourth-order valence-corrected chi connectivity index (χ4v) is 4.37. The normalized spacial score (nSPS) is 12.1. The fourth-order valence-electron chi connectivity index (χ4n) is 3.39. The second-order valence-electron chi connectivity index (χ2n) is 8.95. The van der Waals surface area contributed by atoms with Crippen molar-refractivity contribution in [2.24, 2.45) is 5.92 Å². The lowest BCUT2D eigenvalue weighted by atomic mass is 10.0. The second-order valence-corrected chi connectivity index (χ2v) is 10.7. The smallest absolute Gasteiger partial charge is 0.261 e. The highest BCUT2D eigenvalue weighted by Crippen LogP contribution is 2.29. The van der Waals surface area contributed by atoms with Crippen LogP contribution in [0.2, 0.25) is 10.0 Å². The van der Waals surface area contributed by atoms with Crippen LogP contribution in [0.4, 0.5) is 0 Å². The van der Waals surface area contributed by atoms with Crippen LogP contribution in [0.5, 0.6) is 5.75 Å². The number of hydrogen-bond acceptors (Lipinski definition) is 3. The average molecular weight is 572 g/mol. The Hall–Kier alpha value is -1.76. The molecule has 0 saturated carbocycles. The molecule has 2 rings (SSSR count). The van der Waals surface area contributed by atoms with Crippen molar-refractivity contribution in [1.82, 2.24) is 10.2 Å². The first-order valence-electron chi connectivity index (χ1n) is 11.5. The number of ether oxygens (including phenoxy) is 1. The molecule has 0 aliphatic carbocycles. The van der Waals surface area contributed by atoms with Gasteiger partial charge in [-0.3, -0.25) is 9.59 Å². The van der Waals surface area contributed by atoms with E-state index < -0.39 is 6.04 Å². The van der Waals surface area contributed by atoms with Gasteiger partial charge in [0.1, 0.15) is 11.8 Å². The van der Waals surface area contributed by atoms with E-state index in [1.807, 2.05) is 39.0 Å². The number of halogens is 3. The van der Waals surface area contributed by atoms with Gasteiger partial charge in [-0.1, -0.05) is 70.0 Å². The van der Waals surface area contributed by atoms with Gasteiger partial charge in [0, 0.05) is 23.1 Å². The van der Waals surface area contributed by atoms with Gasteiger partial charge in [0.05, 0.1) is 4.47 Å². The molecule has 0 fully saturated rings. The maximum Gasteiger partial charge on any atom is 0.261 e. The molecule has 2 amide bonds. The minimum atomic E-state index is -0.659. The lowest BCUT2D eigenvalue weighted by molar-refractivity contribution is -0.143. The molecular weight excluding hydrogens is 539 g/mol. The predicted molar refractivity (Wildman–Crippen MR) is 143 cm³/mol. The van der Waals surface area contributed by atoms with Crippen LogP contribution in [0.3, 0.4) is 0 Å². The number of amides is 2. The third-order valence-electron chi connectivity index (χ3n) is 5.40. The van der Waals surface area contributed by atoms with Crippen LogP contribution in [0.15, 0.2) is 40.9 Å². The van der Waals surface area contributed by atoms with Crippen molar-refractivity contribution in [3.05, 3.63) is 62.0 Å². The van der Waals surface area contributed by atoms with Crippen molar-refractivity contribution in [2.75, 3.05) is 13.2 Å². The fraction of sp³-hybridized carbons (Fsp3) is 0.462. The van der Waals surface area contributed by atoms with Gasteiger partial charge >= 0.3 is 0 Å². The van der Waals surface area contributed by atoms with Gasteiger partial charge in [0.2, 0.25) is 5.91 Å². The Morgan fingerprint density at radius 2 is 1.79 bits per heavy atom. The number of nitrogens with one attached hydrogen (secondary N) is 1. The van der Waals surface area contributed by atoms with Gasteiger partial charge in [-0.25, -0.2) is 0 Å². The van der Waals surface area contributed by atoms with Crippen LogP contribution in [0.1, 0.15) is 58.1 Å². The van der Waals surface area contributed by atoms with Crippen molar-refractivity contribution in [3.8, 4) is 5.75 Å².